The second kappa shape index (κ2) is 10.3. The second-order valence-corrected chi connectivity index (χ2v) is 12.1. The van der Waals surface area contributed by atoms with E-state index in [1.54, 1.807) is 0 Å². The number of aromatic nitrogens is 2. The van der Waals surface area contributed by atoms with Crippen LogP contribution in [0.5, 0.6) is 0 Å². The highest BCUT2D eigenvalue weighted by atomic mass is 35.5. The van der Waals surface area contributed by atoms with Gasteiger partial charge in [0.15, 0.2) is 0 Å². The van der Waals surface area contributed by atoms with Crippen LogP contribution >= 0.6 is 12.4 Å². The highest BCUT2D eigenvalue weighted by molar-refractivity contribution is 5.85. The highest BCUT2D eigenvalue weighted by Crippen LogP contribution is 2.45. The van der Waals surface area contributed by atoms with E-state index in [2.05, 4.69) is 26.1 Å². The van der Waals surface area contributed by atoms with Crippen molar-refractivity contribution >= 4 is 18.3 Å². The third-order valence-electron chi connectivity index (χ3n) is 8.51. The number of benzene rings is 1. The Morgan fingerprint density at radius 2 is 1.70 bits per heavy atom. The van der Waals surface area contributed by atoms with Gasteiger partial charge in [-0.2, -0.15) is 18.3 Å². The molecule has 1 aliphatic carbocycles. The van der Waals surface area contributed by atoms with Crippen molar-refractivity contribution in [2.75, 3.05) is 13.1 Å². The lowest BCUT2D eigenvalue weighted by Gasteiger charge is -2.33. The van der Waals surface area contributed by atoms with Crippen molar-refractivity contribution in [3.63, 3.8) is 0 Å². The van der Waals surface area contributed by atoms with Crippen LogP contribution in [-0.4, -0.2) is 39.7 Å². The zero-order valence-electron chi connectivity index (χ0n) is 21.9. The van der Waals surface area contributed by atoms with Crippen molar-refractivity contribution in [3.8, 4) is 0 Å². The van der Waals surface area contributed by atoms with Gasteiger partial charge in [-0.25, -0.2) is 0 Å². The molecule has 204 valence electrons. The summed E-state index contributed by atoms with van der Waals surface area (Å²) in [5.74, 6) is 0.0117. The summed E-state index contributed by atoms with van der Waals surface area (Å²) in [6.45, 7) is 7.85. The molecule has 1 saturated carbocycles. The predicted molar refractivity (Wildman–Crippen MR) is 140 cm³/mol. The Labute approximate surface area is 223 Å². The largest absolute Gasteiger partial charge is 0.416 e. The zero-order valence-corrected chi connectivity index (χ0v) is 22.7. The van der Waals surface area contributed by atoms with Crippen molar-refractivity contribution in [1.29, 1.82) is 0 Å². The normalized spacial score (nSPS) is 25.9. The van der Waals surface area contributed by atoms with Gasteiger partial charge in [0, 0.05) is 31.2 Å². The maximum Gasteiger partial charge on any atom is 0.416 e. The van der Waals surface area contributed by atoms with Gasteiger partial charge >= 0.3 is 6.18 Å². The third-order valence-corrected chi connectivity index (χ3v) is 8.51. The highest BCUT2D eigenvalue weighted by Gasteiger charge is 2.46. The predicted octanol–water partition coefficient (Wildman–Crippen LogP) is 6.45. The lowest BCUT2D eigenvalue weighted by atomic mass is 9.73. The zero-order chi connectivity index (χ0) is 25.7. The first-order chi connectivity index (χ1) is 17.0. The van der Waals surface area contributed by atoms with E-state index in [0.717, 1.165) is 42.9 Å². The number of carbonyl (C=O) groups excluding carboxylic acids is 1. The summed E-state index contributed by atoms with van der Waals surface area (Å²) in [7, 11) is 0. The minimum Gasteiger partial charge on any atom is -0.341 e. The van der Waals surface area contributed by atoms with Crippen LogP contribution < -0.4 is 5.32 Å². The number of hydrogen-bond donors (Lipinski definition) is 1. The number of alkyl halides is 3. The minimum atomic E-state index is -4.38. The second-order valence-electron chi connectivity index (χ2n) is 12.1. The van der Waals surface area contributed by atoms with Crippen molar-refractivity contribution < 1.29 is 18.0 Å². The molecule has 1 N–H and O–H groups in total. The summed E-state index contributed by atoms with van der Waals surface area (Å²) in [5, 5.41) is 8.34. The van der Waals surface area contributed by atoms with Gasteiger partial charge < -0.3 is 4.90 Å². The molecule has 1 aromatic heterocycles. The van der Waals surface area contributed by atoms with Gasteiger partial charge in [-0.1, -0.05) is 31.4 Å². The molecule has 5 nitrogen and oxygen atoms in total. The number of nitrogens with zero attached hydrogens (tertiary/aromatic N) is 3. The van der Waals surface area contributed by atoms with Crippen LogP contribution in [0.1, 0.15) is 94.5 Å². The maximum atomic E-state index is 13.7. The molecule has 0 bridgehead atoms. The van der Waals surface area contributed by atoms with Gasteiger partial charge in [-0.15, -0.1) is 12.4 Å². The lowest BCUT2D eigenvalue weighted by Crippen LogP contribution is -2.44. The van der Waals surface area contributed by atoms with E-state index in [9.17, 15) is 18.0 Å². The van der Waals surface area contributed by atoms with E-state index in [4.69, 9.17) is 5.10 Å². The van der Waals surface area contributed by atoms with Crippen LogP contribution in [0.3, 0.4) is 0 Å². The summed E-state index contributed by atoms with van der Waals surface area (Å²) < 4.78 is 41.4. The first-order valence-electron chi connectivity index (χ1n) is 13.2. The Hall–Kier alpha value is -2.06. The van der Waals surface area contributed by atoms with Crippen molar-refractivity contribution in [2.45, 2.75) is 95.4 Å². The molecule has 2 aromatic rings. The number of nitrogens with one attached hydrogen (secondary N) is 1. The Morgan fingerprint density at radius 1 is 1.03 bits per heavy atom. The molecule has 5 rings (SSSR count). The van der Waals surface area contributed by atoms with Crippen molar-refractivity contribution in [1.82, 2.24) is 20.0 Å². The van der Waals surface area contributed by atoms with E-state index in [1.807, 2.05) is 21.8 Å². The van der Waals surface area contributed by atoms with Gasteiger partial charge in [0.05, 0.1) is 22.8 Å². The molecule has 2 saturated heterocycles. The number of rotatable bonds is 3. The number of halogens is 4. The molecule has 1 unspecified atom stereocenters. The number of hydrogen-bond acceptors (Lipinski definition) is 3. The monoisotopic (exact) mass is 538 g/mol. The van der Waals surface area contributed by atoms with Crippen LogP contribution in [-0.2, 0) is 16.5 Å². The summed E-state index contributed by atoms with van der Waals surface area (Å²) in [6.07, 6.45) is 5.42. The molecular weight excluding hydrogens is 501 g/mol. The summed E-state index contributed by atoms with van der Waals surface area (Å²) in [4.78, 5) is 15.7. The lowest BCUT2D eigenvalue weighted by molar-refractivity contribution is -0.137. The minimum absolute atomic E-state index is 0. The SMILES string of the molecule is CC(C)(C)n1ccc(C2C[C@@H](C(=O)N3CCC4(CCCCC4)C3)N[C@H]2c2ccc(C(F)(F)F)cc2)n1.Cl. The Balaban J connectivity index is 0.00000320. The number of amides is 1. The van der Waals surface area contributed by atoms with Crippen LogP contribution in [0, 0.1) is 5.41 Å². The molecule has 1 aromatic carbocycles. The van der Waals surface area contributed by atoms with E-state index in [-0.39, 0.29) is 47.3 Å². The molecule has 0 radical (unpaired) electrons. The summed E-state index contributed by atoms with van der Waals surface area (Å²) in [5.41, 5.74) is 1.04. The average Bonchev–Trinajstić information content (AvgIpc) is 3.57. The van der Waals surface area contributed by atoms with Crippen LogP contribution in [0.4, 0.5) is 13.2 Å². The summed E-state index contributed by atoms with van der Waals surface area (Å²) in [6, 6.07) is 6.65. The Morgan fingerprint density at radius 3 is 2.30 bits per heavy atom. The molecule has 9 heteroatoms. The molecule has 1 spiro atoms. The van der Waals surface area contributed by atoms with Crippen LogP contribution in [0.25, 0.3) is 0 Å². The first kappa shape index (κ1) is 28.0. The van der Waals surface area contributed by atoms with E-state index >= 15 is 0 Å². The Kier molecular flexibility index (Phi) is 7.75. The molecule has 1 amide bonds. The molecule has 3 atom stereocenters. The van der Waals surface area contributed by atoms with Crippen LogP contribution in [0.15, 0.2) is 36.5 Å². The smallest absolute Gasteiger partial charge is 0.341 e. The van der Waals surface area contributed by atoms with E-state index in [0.29, 0.717) is 6.42 Å². The average molecular weight is 539 g/mol. The van der Waals surface area contributed by atoms with Crippen LogP contribution in [0.2, 0.25) is 0 Å². The Bertz CT molecular complexity index is 1090. The van der Waals surface area contributed by atoms with Gasteiger partial charge in [0.25, 0.3) is 0 Å². The molecule has 3 heterocycles. The number of carbonyl (C=O) groups is 1. The molecule has 2 aliphatic heterocycles. The summed E-state index contributed by atoms with van der Waals surface area (Å²) >= 11 is 0. The topological polar surface area (TPSA) is 50.2 Å². The quantitative estimate of drug-likeness (QED) is 0.488. The fourth-order valence-electron chi connectivity index (χ4n) is 6.43. The fourth-order valence-corrected chi connectivity index (χ4v) is 6.43. The third kappa shape index (κ3) is 5.70. The van der Waals surface area contributed by atoms with Gasteiger partial charge in [-0.3, -0.25) is 14.8 Å². The van der Waals surface area contributed by atoms with Gasteiger partial charge in [0.2, 0.25) is 5.91 Å². The maximum absolute atomic E-state index is 13.7. The van der Waals surface area contributed by atoms with Gasteiger partial charge in [-0.05, 0) is 75.6 Å². The van der Waals surface area contributed by atoms with E-state index in [1.165, 1.54) is 44.2 Å². The van der Waals surface area contributed by atoms with E-state index < -0.39 is 11.7 Å². The molecular formula is C28H38ClF3N4O. The molecule has 3 aliphatic rings. The van der Waals surface area contributed by atoms with Crippen molar-refractivity contribution in [3.05, 3.63) is 53.3 Å². The number of likely N-dealkylation sites (tertiary alicyclic amines) is 1. The molecule has 3 fully saturated rings. The molecule has 37 heavy (non-hydrogen) atoms. The fraction of sp³-hybridized carbons (Fsp3) is 0.643. The first-order valence-corrected chi connectivity index (χ1v) is 13.2. The van der Waals surface area contributed by atoms with Crippen molar-refractivity contribution in [2.24, 2.45) is 5.41 Å². The standard InChI is InChI=1S/C28H37F3N4O.ClH/c1-26(2,3)35-15-11-22(33-35)21-17-23(25(36)34-16-14-27(18-34)12-5-4-6-13-27)32-24(21)19-7-9-20(10-8-19)28(29,30)31;/h7-11,15,21,23-24,32H,4-6,12-14,16-18H2,1-3H3;1H/t21?,23-,24-;/m0./s1. The van der Waals surface area contributed by atoms with Gasteiger partial charge in [0.1, 0.15) is 0 Å².